The van der Waals surface area contributed by atoms with Gasteiger partial charge in [-0.25, -0.2) is 9.48 Å². The SMILES string of the molecule is CCn1ncc(C)c1NC(=O)CCN1Cc2ccccc2C1.O=C(O)C(F)(F)F. The summed E-state index contributed by atoms with van der Waals surface area (Å²) in [4.78, 5) is 23.4. The van der Waals surface area contributed by atoms with E-state index in [0.29, 0.717) is 6.42 Å². The molecular weight excluding hydrogens is 389 g/mol. The highest BCUT2D eigenvalue weighted by molar-refractivity contribution is 5.90. The number of aryl methyl sites for hydroxylation is 2. The number of anilines is 1. The summed E-state index contributed by atoms with van der Waals surface area (Å²) in [6.07, 6.45) is -2.79. The Bertz CT molecular complexity index is 840. The second-order valence-electron chi connectivity index (χ2n) is 6.57. The van der Waals surface area contributed by atoms with Crippen LogP contribution in [0.3, 0.4) is 0 Å². The molecule has 0 bridgehead atoms. The molecule has 0 atom stereocenters. The zero-order valence-corrected chi connectivity index (χ0v) is 16.2. The Kier molecular flexibility index (Phi) is 7.38. The van der Waals surface area contributed by atoms with Crippen LogP contribution < -0.4 is 5.32 Å². The lowest BCUT2D eigenvalue weighted by Crippen LogP contribution is -2.24. The van der Waals surface area contributed by atoms with Crippen molar-refractivity contribution in [3.63, 3.8) is 0 Å². The number of carboxylic acids is 1. The monoisotopic (exact) mass is 412 g/mol. The molecule has 2 N–H and O–H groups in total. The number of alkyl halides is 3. The summed E-state index contributed by atoms with van der Waals surface area (Å²) >= 11 is 0. The van der Waals surface area contributed by atoms with Gasteiger partial charge in [-0.1, -0.05) is 24.3 Å². The molecule has 29 heavy (non-hydrogen) atoms. The molecule has 2 heterocycles. The van der Waals surface area contributed by atoms with Crippen molar-refractivity contribution in [1.82, 2.24) is 14.7 Å². The van der Waals surface area contributed by atoms with Crippen molar-refractivity contribution in [1.29, 1.82) is 0 Å². The van der Waals surface area contributed by atoms with E-state index in [2.05, 4.69) is 39.6 Å². The minimum Gasteiger partial charge on any atom is -0.475 e. The van der Waals surface area contributed by atoms with Gasteiger partial charge in [-0.3, -0.25) is 9.69 Å². The molecule has 0 saturated heterocycles. The van der Waals surface area contributed by atoms with E-state index < -0.39 is 12.1 Å². The molecule has 3 rings (SSSR count). The van der Waals surface area contributed by atoms with E-state index in [1.54, 1.807) is 6.20 Å². The van der Waals surface area contributed by atoms with Gasteiger partial charge in [-0.2, -0.15) is 18.3 Å². The average Bonchev–Trinajstić information content (AvgIpc) is 3.23. The van der Waals surface area contributed by atoms with Crippen LogP contribution in [-0.4, -0.2) is 44.4 Å². The molecule has 1 aliphatic rings. The van der Waals surface area contributed by atoms with E-state index in [-0.39, 0.29) is 5.91 Å². The van der Waals surface area contributed by atoms with Gasteiger partial charge in [0.15, 0.2) is 0 Å². The zero-order chi connectivity index (χ0) is 21.6. The maximum atomic E-state index is 12.2. The number of aromatic nitrogens is 2. The molecule has 1 aromatic carbocycles. The summed E-state index contributed by atoms with van der Waals surface area (Å²) in [6, 6.07) is 8.48. The second-order valence-corrected chi connectivity index (χ2v) is 6.57. The van der Waals surface area contributed by atoms with Crippen molar-refractivity contribution in [2.75, 3.05) is 11.9 Å². The average molecular weight is 412 g/mol. The van der Waals surface area contributed by atoms with E-state index in [1.807, 2.05) is 18.5 Å². The molecule has 10 heteroatoms. The first-order valence-corrected chi connectivity index (χ1v) is 9.03. The maximum Gasteiger partial charge on any atom is 0.490 e. The fourth-order valence-corrected chi connectivity index (χ4v) is 2.90. The Morgan fingerprint density at radius 1 is 1.21 bits per heavy atom. The summed E-state index contributed by atoms with van der Waals surface area (Å²) in [6.45, 7) is 7.39. The van der Waals surface area contributed by atoms with Gasteiger partial charge in [0.05, 0.1) is 6.20 Å². The number of hydrogen-bond acceptors (Lipinski definition) is 4. The van der Waals surface area contributed by atoms with Crippen molar-refractivity contribution < 1.29 is 27.9 Å². The van der Waals surface area contributed by atoms with Crippen LogP contribution in [0, 0.1) is 6.92 Å². The first-order valence-electron chi connectivity index (χ1n) is 9.03. The van der Waals surface area contributed by atoms with Crippen LogP contribution in [0.25, 0.3) is 0 Å². The van der Waals surface area contributed by atoms with Gasteiger partial charge in [-0.15, -0.1) is 0 Å². The molecule has 0 fully saturated rings. The van der Waals surface area contributed by atoms with Crippen LogP contribution in [-0.2, 0) is 29.2 Å². The fourth-order valence-electron chi connectivity index (χ4n) is 2.90. The second kappa shape index (κ2) is 9.55. The first-order chi connectivity index (χ1) is 13.6. The smallest absolute Gasteiger partial charge is 0.475 e. The summed E-state index contributed by atoms with van der Waals surface area (Å²) < 4.78 is 33.6. The molecule has 7 nitrogen and oxygen atoms in total. The van der Waals surface area contributed by atoms with Gasteiger partial charge in [0, 0.05) is 38.2 Å². The number of aliphatic carboxylic acids is 1. The first kappa shape index (κ1) is 22.4. The molecule has 0 spiro atoms. The number of nitrogens with zero attached hydrogens (tertiary/aromatic N) is 3. The lowest BCUT2D eigenvalue weighted by molar-refractivity contribution is -0.192. The summed E-state index contributed by atoms with van der Waals surface area (Å²) in [5.41, 5.74) is 3.76. The third-order valence-electron chi connectivity index (χ3n) is 4.38. The number of nitrogens with one attached hydrogen (secondary N) is 1. The molecule has 0 radical (unpaired) electrons. The Balaban J connectivity index is 0.000000370. The molecular formula is C19H23F3N4O3. The molecule has 1 aliphatic heterocycles. The Hall–Kier alpha value is -2.88. The van der Waals surface area contributed by atoms with Gasteiger partial charge in [0.25, 0.3) is 0 Å². The van der Waals surface area contributed by atoms with Crippen molar-refractivity contribution >= 4 is 17.7 Å². The van der Waals surface area contributed by atoms with Crippen LogP contribution in [0.1, 0.15) is 30.0 Å². The number of halogens is 3. The summed E-state index contributed by atoms with van der Waals surface area (Å²) in [5, 5.41) is 14.4. The van der Waals surface area contributed by atoms with Crippen LogP contribution >= 0.6 is 0 Å². The van der Waals surface area contributed by atoms with Crippen LogP contribution in [0.4, 0.5) is 19.0 Å². The standard InChI is InChI=1S/C17H22N4O.C2HF3O2/c1-3-21-17(13(2)10-18-21)19-16(22)8-9-20-11-14-6-4-5-7-15(14)12-20;3-2(4,5)1(6)7/h4-7,10H,3,8-9,11-12H2,1-2H3,(H,19,22);(H,6,7). The Morgan fingerprint density at radius 2 is 1.76 bits per heavy atom. The lowest BCUT2D eigenvalue weighted by atomic mass is 10.1. The largest absolute Gasteiger partial charge is 0.490 e. The summed E-state index contributed by atoms with van der Waals surface area (Å²) in [7, 11) is 0. The van der Waals surface area contributed by atoms with E-state index in [0.717, 1.165) is 37.6 Å². The van der Waals surface area contributed by atoms with Crippen molar-refractivity contribution in [3.05, 3.63) is 47.2 Å². The predicted octanol–water partition coefficient (Wildman–Crippen LogP) is 3.19. The number of hydrogen-bond donors (Lipinski definition) is 2. The molecule has 1 amide bonds. The zero-order valence-electron chi connectivity index (χ0n) is 16.2. The highest BCUT2D eigenvalue weighted by atomic mass is 19.4. The lowest BCUT2D eigenvalue weighted by Gasteiger charge is -2.15. The number of rotatable bonds is 5. The van der Waals surface area contributed by atoms with E-state index >= 15 is 0 Å². The highest BCUT2D eigenvalue weighted by Crippen LogP contribution is 2.22. The van der Waals surface area contributed by atoms with E-state index in [9.17, 15) is 18.0 Å². The molecule has 158 valence electrons. The predicted molar refractivity (Wildman–Crippen MR) is 100 cm³/mol. The third kappa shape index (κ3) is 6.31. The Labute approximate surface area is 166 Å². The van der Waals surface area contributed by atoms with Gasteiger partial charge >= 0.3 is 12.1 Å². The van der Waals surface area contributed by atoms with Crippen LogP contribution in [0.2, 0.25) is 0 Å². The maximum absolute atomic E-state index is 12.2. The molecule has 1 aromatic heterocycles. The highest BCUT2D eigenvalue weighted by Gasteiger charge is 2.38. The molecule has 0 aliphatic carbocycles. The number of carbonyl (C=O) groups excluding carboxylic acids is 1. The normalized spacial score (nSPS) is 13.4. The number of carbonyl (C=O) groups is 2. The van der Waals surface area contributed by atoms with E-state index in [4.69, 9.17) is 9.90 Å². The molecule has 0 unspecified atom stereocenters. The van der Waals surface area contributed by atoms with Crippen LogP contribution in [0.5, 0.6) is 0 Å². The molecule has 0 saturated carbocycles. The minimum atomic E-state index is -5.08. The van der Waals surface area contributed by atoms with Gasteiger partial charge < -0.3 is 10.4 Å². The number of amides is 1. The van der Waals surface area contributed by atoms with Crippen LogP contribution in [0.15, 0.2) is 30.5 Å². The van der Waals surface area contributed by atoms with E-state index in [1.165, 1.54) is 11.1 Å². The van der Waals surface area contributed by atoms with Gasteiger partial charge in [0.1, 0.15) is 5.82 Å². The van der Waals surface area contributed by atoms with Crippen molar-refractivity contribution in [2.45, 2.75) is 46.1 Å². The third-order valence-corrected chi connectivity index (χ3v) is 4.38. The minimum absolute atomic E-state index is 0.0502. The van der Waals surface area contributed by atoms with Gasteiger partial charge in [-0.05, 0) is 25.0 Å². The molecule has 2 aromatic rings. The van der Waals surface area contributed by atoms with Crippen molar-refractivity contribution in [2.24, 2.45) is 0 Å². The topological polar surface area (TPSA) is 87.5 Å². The fraction of sp³-hybridized carbons (Fsp3) is 0.421. The van der Waals surface area contributed by atoms with Crippen molar-refractivity contribution in [3.8, 4) is 0 Å². The Morgan fingerprint density at radius 3 is 2.24 bits per heavy atom. The summed E-state index contributed by atoms with van der Waals surface area (Å²) in [5.74, 6) is -1.89. The number of fused-ring (bicyclic) bond motifs is 1. The quantitative estimate of drug-likeness (QED) is 0.788. The number of carboxylic acid groups (broad SMARTS) is 1. The number of benzene rings is 1. The van der Waals surface area contributed by atoms with Gasteiger partial charge in [0.2, 0.25) is 5.91 Å².